The average molecular weight is 367 g/mol. The molecule has 0 saturated carbocycles. The summed E-state index contributed by atoms with van der Waals surface area (Å²) in [7, 11) is 0. The van der Waals surface area contributed by atoms with Crippen molar-refractivity contribution in [1.82, 2.24) is 15.2 Å². The number of fused-ring (bicyclic) bond motifs is 1. The third-order valence-electron chi connectivity index (χ3n) is 5.30. The van der Waals surface area contributed by atoms with Crippen LogP contribution in [0.3, 0.4) is 0 Å². The van der Waals surface area contributed by atoms with Gasteiger partial charge < -0.3 is 10.2 Å². The zero-order chi connectivity index (χ0) is 19.4. The number of hydrogen-bond acceptors (Lipinski definition) is 3. The molecule has 2 heterocycles. The lowest BCUT2D eigenvalue weighted by Crippen LogP contribution is -2.45. The van der Waals surface area contributed by atoms with Crippen LogP contribution in [0.1, 0.15) is 54.2 Å². The number of carbonyl (C=O) groups is 2. The Morgan fingerprint density at radius 2 is 2.07 bits per heavy atom. The van der Waals surface area contributed by atoms with Gasteiger partial charge in [0.15, 0.2) is 0 Å². The van der Waals surface area contributed by atoms with E-state index in [-0.39, 0.29) is 17.7 Å². The van der Waals surface area contributed by atoms with Crippen molar-refractivity contribution >= 4 is 22.7 Å². The van der Waals surface area contributed by atoms with Crippen LogP contribution in [0.5, 0.6) is 0 Å². The lowest BCUT2D eigenvalue weighted by atomic mass is 9.96. The Labute approximate surface area is 161 Å². The summed E-state index contributed by atoms with van der Waals surface area (Å²) in [5.41, 5.74) is 3.43. The quantitative estimate of drug-likeness (QED) is 0.821. The minimum atomic E-state index is -0.115. The van der Waals surface area contributed by atoms with Crippen molar-refractivity contribution in [2.45, 2.75) is 46.5 Å². The highest BCUT2D eigenvalue weighted by Crippen LogP contribution is 2.23. The molecule has 5 heteroatoms. The fourth-order valence-corrected chi connectivity index (χ4v) is 3.69. The van der Waals surface area contributed by atoms with Gasteiger partial charge in [0.25, 0.3) is 5.91 Å². The number of hydrogen-bond donors (Lipinski definition) is 1. The number of piperidine rings is 1. The highest BCUT2D eigenvalue weighted by Gasteiger charge is 2.29. The Kier molecular flexibility index (Phi) is 6.09. The molecule has 1 aliphatic rings. The molecule has 2 amide bonds. The Morgan fingerprint density at radius 1 is 1.26 bits per heavy atom. The molecule has 1 fully saturated rings. The second-order valence-electron chi connectivity index (χ2n) is 7.55. The zero-order valence-electron chi connectivity index (χ0n) is 16.5. The molecule has 1 aromatic heterocycles. The second-order valence-corrected chi connectivity index (χ2v) is 7.55. The number of rotatable bonds is 5. The number of nitrogens with zero attached hydrogens (tertiary/aromatic N) is 2. The van der Waals surface area contributed by atoms with E-state index in [0.717, 1.165) is 47.8 Å². The summed E-state index contributed by atoms with van der Waals surface area (Å²) in [6.07, 6.45) is 3.75. The minimum absolute atomic E-state index is 0.0190. The molecular formula is C22H29N3O2. The van der Waals surface area contributed by atoms with Crippen molar-refractivity contribution in [3.05, 3.63) is 41.1 Å². The number of likely N-dealkylation sites (tertiary alicyclic amines) is 1. The SMILES string of the molecule is CCCCNC(=O)C1CCCN(C(=O)c2cc3cc(C)ccc3nc2C)C1. The maximum Gasteiger partial charge on any atom is 0.255 e. The fraction of sp³-hybridized carbons (Fsp3) is 0.500. The van der Waals surface area contributed by atoms with E-state index in [9.17, 15) is 9.59 Å². The number of aryl methyl sites for hydroxylation is 2. The van der Waals surface area contributed by atoms with E-state index in [1.807, 2.05) is 36.9 Å². The molecule has 144 valence electrons. The molecule has 0 bridgehead atoms. The smallest absolute Gasteiger partial charge is 0.255 e. The van der Waals surface area contributed by atoms with E-state index in [1.165, 1.54) is 0 Å². The van der Waals surface area contributed by atoms with E-state index in [1.54, 1.807) is 0 Å². The van der Waals surface area contributed by atoms with Gasteiger partial charge in [-0.2, -0.15) is 0 Å². The van der Waals surface area contributed by atoms with Crippen molar-refractivity contribution in [3.8, 4) is 0 Å². The molecule has 1 aliphatic heterocycles. The third-order valence-corrected chi connectivity index (χ3v) is 5.30. The Morgan fingerprint density at radius 3 is 2.85 bits per heavy atom. The van der Waals surface area contributed by atoms with Crippen molar-refractivity contribution < 1.29 is 9.59 Å². The summed E-state index contributed by atoms with van der Waals surface area (Å²) in [5.74, 6) is -0.0603. The molecule has 1 N–H and O–H groups in total. The predicted molar refractivity (Wildman–Crippen MR) is 108 cm³/mol. The summed E-state index contributed by atoms with van der Waals surface area (Å²) < 4.78 is 0. The first-order valence-corrected chi connectivity index (χ1v) is 9.94. The number of amides is 2. The van der Waals surface area contributed by atoms with E-state index in [4.69, 9.17) is 0 Å². The first kappa shape index (κ1) is 19.3. The summed E-state index contributed by atoms with van der Waals surface area (Å²) in [4.78, 5) is 32.0. The number of benzene rings is 1. The molecular weight excluding hydrogens is 338 g/mol. The van der Waals surface area contributed by atoms with Gasteiger partial charge in [0, 0.05) is 25.0 Å². The normalized spacial score (nSPS) is 17.1. The molecule has 1 atom stereocenters. The van der Waals surface area contributed by atoms with Gasteiger partial charge in [-0.3, -0.25) is 14.6 Å². The molecule has 0 aliphatic carbocycles. The highest BCUT2D eigenvalue weighted by atomic mass is 16.2. The Bertz CT molecular complexity index is 847. The Balaban J connectivity index is 1.76. The monoisotopic (exact) mass is 367 g/mol. The lowest BCUT2D eigenvalue weighted by molar-refractivity contribution is -0.126. The van der Waals surface area contributed by atoms with Crippen LogP contribution in [0.4, 0.5) is 0 Å². The lowest BCUT2D eigenvalue weighted by Gasteiger charge is -2.32. The number of nitrogens with one attached hydrogen (secondary N) is 1. The fourth-order valence-electron chi connectivity index (χ4n) is 3.69. The number of carbonyl (C=O) groups excluding carboxylic acids is 2. The van der Waals surface area contributed by atoms with Gasteiger partial charge in [0.2, 0.25) is 5.91 Å². The predicted octanol–water partition coefficient (Wildman–Crippen LogP) is 3.62. The van der Waals surface area contributed by atoms with Crippen LogP contribution in [-0.4, -0.2) is 41.3 Å². The summed E-state index contributed by atoms with van der Waals surface area (Å²) in [6, 6.07) is 8.02. The van der Waals surface area contributed by atoms with Gasteiger partial charge in [-0.1, -0.05) is 25.0 Å². The molecule has 27 heavy (non-hydrogen) atoms. The largest absolute Gasteiger partial charge is 0.356 e. The molecule has 1 saturated heterocycles. The van der Waals surface area contributed by atoms with E-state index >= 15 is 0 Å². The van der Waals surface area contributed by atoms with Crippen molar-refractivity contribution in [3.63, 3.8) is 0 Å². The molecule has 0 radical (unpaired) electrons. The first-order valence-electron chi connectivity index (χ1n) is 9.94. The summed E-state index contributed by atoms with van der Waals surface area (Å²) in [6.45, 7) is 7.92. The average Bonchev–Trinajstić information content (AvgIpc) is 2.67. The van der Waals surface area contributed by atoms with Crippen LogP contribution in [0, 0.1) is 19.8 Å². The first-order chi connectivity index (χ1) is 13.0. The van der Waals surface area contributed by atoms with Crippen LogP contribution >= 0.6 is 0 Å². The van der Waals surface area contributed by atoms with Crippen molar-refractivity contribution in [1.29, 1.82) is 0 Å². The third kappa shape index (κ3) is 4.46. The molecule has 1 unspecified atom stereocenters. The van der Waals surface area contributed by atoms with Crippen LogP contribution in [-0.2, 0) is 4.79 Å². The van der Waals surface area contributed by atoms with Gasteiger partial charge >= 0.3 is 0 Å². The van der Waals surface area contributed by atoms with Gasteiger partial charge in [0.1, 0.15) is 0 Å². The maximum absolute atomic E-state index is 13.1. The van der Waals surface area contributed by atoms with Crippen LogP contribution in [0.2, 0.25) is 0 Å². The van der Waals surface area contributed by atoms with Gasteiger partial charge in [0.05, 0.1) is 22.7 Å². The van der Waals surface area contributed by atoms with Crippen molar-refractivity contribution in [2.24, 2.45) is 5.92 Å². The second kappa shape index (κ2) is 8.51. The molecule has 0 spiro atoms. The maximum atomic E-state index is 13.1. The van der Waals surface area contributed by atoms with E-state index < -0.39 is 0 Å². The number of aromatic nitrogens is 1. The van der Waals surface area contributed by atoms with Crippen LogP contribution in [0.15, 0.2) is 24.3 Å². The van der Waals surface area contributed by atoms with Crippen LogP contribution < -0.4 is 5.32 Å². The highest BCUT2D eigenvalue weighted by molar-refractivity contribution is 5.99. The summed E-state index contributed by atoms with van der Waals surface area (Å²) in [5, 5.41) is 3.99. The molecule has 1 aromatic carbocycles. The van der Waals surface area contributed by atoms with E-state index in [0.29, 0.717) is 25.2 Å². The van der Waals surface area contributed by atoms with Crippen LogP contribution in [0.25, 0.3) is 10.9 Å². The summed E-state index contributed by atoms with van der Waals surface area (Å²) >= 11 is 0. The van der Waals surface area contributed by atoms with E-state index in [2.05, 4.69) is 23.3 Å². The molecule has 5 nitrogen and oxygen atoms in total. The number of unbranched alkanes of at least 4 members (excludes halogenated alkanes) is 1. The molecule has 2 aromatic rings. The Hall–Kier alpha value is -2.43. The molecule has 3 rings (SSSR count). The van der Waals surface area contributed by atoms with Gasteiger partial charge in [-0.25, -0.2) is 0 Å². The zero-order valence-corrected chi connectivity index (χ0v) is 16.5. The van der Waals surface area contributed by atoms with Gasteiger partial charge in [-0.15, -0.1) is 0 Å². The topological polar surface area (TPSA) is 62.3 Å². The van der Waals surface area contributed by atoms with Gasteiger partial charge in [-0.05, 0) is 51.3 Å². The standard InChI is InChI=1S/C22H29N3O2/c1-4-5-10-23-21(26)17-7-6-11-25(14-17)22(27)19-13-18-12-15(2)8-9-20(18)24-16(19)3/h8-9,12-13,17H,4-7,10-11,14H2,1-3H3,(H,23,26). The van der Waals surface area contributed by atoms with Crippen molar-refractivity contribution in [2.75, 3.05) is 19.6 Å². The minimum Gasteiger partial charge on any atom is -0.356 e. The number of pyridine rings is 1.